The van der Waals surface area contributed by atoms with Gasteiger partial charge in [-0.25, -0.2) is 14.4 Å². The van der Waals surface area contributed by atoms with Crippen LogP contribution in [0.5, 0.6) is 0 Å². The van der Waals surface area contributed by atoms with E-state index >= 15 is 0 Å². The lowest BCUT2D eigenvalue weighted by Crippen LogP contribution is -2.56. The van der Waals surface area contributed by atoms with Crippen molar-refractivity contribution in [1.82, 2.24) is 15.5 Å². The van der Waals surface area contributed by atoms with Crippen LogP contribution in [-0.4, -0.2) is 83.2 Å². The summed E-state index contributed by atoms with van der Waals surface area (Å²) >= 11 is 0. The number of allylic oxidation sites excluding steroid dienone is 1. The number of methoxy groups -OCH3 is 1. The molecule has 0 aromatic heterocycles. The van der Waals surface area contributed by atoms with Crippen LogP contribution >= 0.6 is 0 Å². The van der Waals surface area contributed by atoms with Crippen molar-refractivity contribution in [1.29, 1.82) is 0 Å². The van der Waals surface area contributed by atoms with Crippen LogP contribution in [0, 0.1) is 16.0 Å². The average Bonchev–Trinajstić information content (AvgIpc) is 3.33. The standard InChI is InChI=1S/C32H40N4O10/c1-44-30(40)32-18-21(32)9-5-3-2-4-6-12-25(33-31(41)46-23-10-7-8-11-23)28(38)35-19-24(17-26(35)27(37)34-32)45-29(39)20-13-15-22(16-14-20)36(42)43/h5,9,13-16,21,23-26H,2-4,6-8,10-12,17-19H2,1H3,(H,33,41)(H,34,37)/b9-5-/t21?,24-,25?,26?,32?/m0/s1. The van der Waals surface area contributed by atoms with Gasteiger partial charge in [-0.1, -0.05) is 25.0 Å². The molecule has 5 rings (SSSR count). The highest BCUT2D eigenvalue weighted by Crippen LogP contribution is 2.46. The minimum atomic E-state index is -1.27. The van der Waals surface area contributed by atoms with Crippen molar-refractivity contribution in [3.05, 3.63) is 52.1 Å². The molecule has 2 saturated carbocycles. The molecule has 0 spiro atoms. The highest BCUT2D eigenvalue weighted by molar-refractivity contribution is 5.97. The van der Waals surface area contributed by atoms with Crippen molar-refractivity contribution in [3.8, 4) is 0 Å². The molecule has 5 atom stereocenters. The second-order valence-electron chi connectivity index (χ2n) is 12.4. The maximum Gasteiger partial charge on any atom is 0.408 e. The number of amides is 3. The Balaban J connectivity index is 1.38. The molecule has 2 aliphatic carbocycles. The second-order valence-corrected chi connectivity index (χ2v) is 12.4. The number of hydrogen-bond donors (Lipinski definition) is 2. The molecular weight excluding hydrogens is 600 g/mol. The summed E-state index contributed by atoms with van der Waals surface area (Å²) in [4.78, 5) is 78.4. The molecule has 1 aromatic carbocycles. The first-order valence-electron chi connectivity index (χ1n) is 15.9. The van der Waals surface area contributed by atoms with E-state index in [4.69, 9.17) is 14.2 Å². The van der Waals surface area contributed by atoms with Gasteiger partial charge < -0.3 is 29.7 Å². The van der Waals surface area contributed by atoms with E-state index in [1.165, 1.54) is 36.3 Å². The molecule has 4 aliphatic rings. The van der Waals surface area contributed by atoms with Crippen LogP contribution < -0.4 is 10.6 Å². The molecule has 0 radical (unpaired) electrons. The zero-order valence-electron chi connectivity index (χ0n) is 25.8. The molecule has 2 heterocycles. The Labute approximate surface area is 266 Å². The highest BCUT2D eigenvalue weighted by Gasteiger charge is 2.62. The molecule has 14 nitrogen and oxygen atoms in total. The van der Waals surface area contributed by atoms with Crippen LogP contribution in [0.2, 0.25) is 0 Å². The maximum absolute atomic E-state index is 14.1. The Morgan fingerprint density at radius 1 is 1.00 bits per heavy atom. The number of non-ortho nitro benzene ring substituents is 1. The summed E-state index contributed by atoms with van der Waals surface area (Å²) < 4.78 is 16.3. The molecule has 3 fully saturated rings. The van der Waals surface area contributed by atoms with Gasteiger partial charge in [-0.15, -0.1) is 0 Å². The molecule has 4 unspecified atom stereocenters. The fourth-order valence-corrected chi connectivity index (χ4v) is 6.59. The van der Waals surface area contributed by atoms with Crippen molar-refractivity contribution in [2.45, 2.75) is 100 Å². The third kappa shape index (κ3) is 7.48. The van der Waals surface area contributed by atoms with Gasteiger partial charge in [0.1, 0.15) is 29.8 Å². The fraction of sp³-hybridized carbons (Fsp3) is 0.594. The van der Waals surface area contributed by atoms with Gasteiger partial charge in [0.2, 0.25) is 11.8 Å². The Morgan fingerprint density at radius 2 is 1.72 bits per heavy atom. The number of nitrogens with one attached hydrogen (secondary N) is 2. The van der Waals surface area contributed by atoms with Gasteiger partial charge in [0.15, 0.2) is 0 Å². The number of nitro groups is 1. The van der Waals surface area contributed by atoms with Crippen molar-refractivity contribution < 1.29 is 43.1 Å². The van der Waals surface area contributed by atoms with Crippen molar-refractivity contribution in [2.75, 3.05) is 13.7 Å². The van der Waals surface area contributed by atoms with Crippen LogP contribution in [0.3, 0.4) is 0 Å². The minimum Gasteiger partial charge on any atom is -0.467 e. The summed E-state index contributed by atoms with van der Waals surface area (Å²) in [5.74, 6) is -2.76. The number of fused-ring (bicyclic) bond motifs is 2. The van der Waals surface area contributed by atoms with Gasteiger partial charge in [-0.3, -0.25) is 19.7 Å². The minimum absolute atomic E-state index is 0.0622. The summed E-state index contributed by atoms with van der Waals surface area (Å²) in [6.07, 6.45) is 9.15. The van der Waals surface area contributed by atoms with Crippen LogP contribution in [0.25, 0.3) is 0 Å². The van der Waals surface area contributed by atoms with Crippen LogP contribution in [-0.2, 0) is 28.6 Å². The first-order chi connectivity index (χ1) is 22.1. The average molecular weight is 641 g/mol. The number of benzene rings is 1. The first-order valence-corrected chi connectivity index (χ1v) is 15.9. The Bertz CT molecular complexity index is 1380. The SMILES string of the molecule is COC(=O)C12CC1/C=C\CCCCCC(NC(=O)OC1CCCC1)C(=O)N1C[C@@H](OC(=O)c3ccc([N+](=O)[O-])cc3)CC1C(=O)N2. The number of carbonyl (C=O) groups is 5. The number of ether oxygens (including phenoxy) is 3. The number of nitro benzene ring substituents is 1. The summed E-state index contributed by atoms with van der Waals surface area (Å²) in [5, 5.41) is 16.6. The molecule has 248 valence electrons. The summed E-state index contributed by atoms with van der Waals surface area (Å²) in [6, 6.07) is 2.79. The van der Waals surface area contributed by atoms with E-state index in [1.54, 1.807) is 0 Å². The fourth-order valence-electron chi connectivity index (χ4n) is 6.59. The zero-order chi connectivity index (χ0) is 32.8. The number of hydrogen-bond acceptors (Lipinski definition) is 10. The molecule has 0 bridgehead atoms. The van der Waals surface area contributed by atoms with E-state index in [-0.39, 0.29) is 36.2 Å². The predicted octanol–water partition coefficient (Wildman–Crippen LogP) is 3.33. The lowest BCUT2D eigenvalue weighted by atomic mass is 10.0. The van der Waals surface area contributed by atoms with Gasteiger partial charge in [-0.05, 0) is 63.5 Å². The maximum atomic E-state index is 14.1. The predicted molar refractivity (Wildman–Crippen MR) is 161 cm³/mol. The van der Waals surface area contributed by atoms with E-state index in [0.717, 1.165) is 44.9 Å². The zero-order valence-corrected chi connectivity index (χ0v) is 25.8. The molecule has 2 N–H and O–H groups in total. The highest BCUT2D eigenvalue weighted by atomic mass is 16.6. The molecule has 2 aliphatic heterocycles. The largest absolute Gasteiger partial charge is 0.467 e. The monoisotopic (exact) mass is 640 g/mol. The van der Waals surface area contributed by atoms with E-state index in [2.05, 4.69) is 10.6 Å². The van der Waals surface area contributed by atoms with Crippen LogP contribution in [0.1, 0.15) is 81.0 Å². The van der Waals surface area contributed by atoms with Crippen molar-refractivity contribution in [2.24, 2.45) is 5.92 Å². The van der Waals surface area contributed by atoms with E-state index in [1.807, 2.05) is 12.2 Å². The van der Waals surface area contributed by atoms with Gasteiger partial charge in [0.05, 0.1) is 24.1 Å². The third-order valence-electron chi connectivity index (χ3n) is 9.24. The lowest BCUT2D eigenvalue weighted by Gasteiger charge is -2.29. The smallest absolute Gasteiger partial charge is 0.408 e. The first kappa shape index (κ1) is 32.9. The summed E-state index contributed by atoms with van der Waals surface area (Å²) in [5.41, 5.74) is -1.39. The van der Waals surface area contributed by atoms with Gasteiger partial charge in [0, 0.05) is 24.5 Å². The molecule has 1 aromatic rings. The van der Waals surface area contributed by atoms with E-state index in [0.29, 0.717) is 19.3 Å². The molecule has 1 saturated heterocycles. The molecular formula is C32H40N4O10. The van der Waals surface area contributed by atoms with Crippen LogP contribution in [0.15, 0.2) is 36.4 Å². The normalized spacial score (nSPS) is 29.2. The third-order valence-corrected chi connectivity index (χ3v) is 9.24. The second kappa shape index (κ2) is 14.3. The molecule has 46 heavy (non-hydrogen) atoms. The summed E-state index contributed by atoms with van der Waals surface area (Å²) in [6.45, 7) is -0.139. The number of rotatable bonds is 6. The topological polar surface area (TPSA) is 183 Å². The van der Waals surface area contributed by atoms with E-state index in [9.17, 15) is 34.1 Å². The number of alkyl carbamates (subject to hydrolysis) is 1. The van der Waals surface area contributed by atoms with Gasteiger partial charge in [-0.2, -0.15) is 0 Å². The Hall–Kier alpha value is -4.49. The van der Waals surface area contributed by atoms with Gasteiger partial charge >= 0.3 is 18.0 Å². The molecule has 14 heteroatoms. The molecule has 3 amide bonds. The van der Waals surface area contributed by atoms with Gasteiger partial charge in [0.25, 0.3) is 5.69 Å². The van der Waals surface area contributed by atoms with Crippen LogP contribution in [0.4, 0.5) is 10.5 Å². The van der Waals surface area contributed by atoms with Crippen molar-refractivity contribution >= 4 is 35.5 Å². The van der Waals surface area contributed by atoms with Crippen molar-refractivity contribution in [3.63, 3.8) is 0 Å². The Morgan fingerprint density at radius 3 is 2.41 bits per heavy atom. The quantitative estimate of drug-likeness (QED) is 0.154. The number of carbonyl (C=O) groups excluding carboxylic acids is 5. The number of esters is 2. The summed E-state index contributed by atoms with van der Waals surface area (Å²) in [7, 11) is 1.25. The number of nitrogens with zero attached hydrogens (tertiary/aromatic N) is 2. The lowest BCUT2D eigenvalue weighted by molar-refractivity contribution is -0.384. The van der Waals surface area contributed by atoms with E-state index < -0.39 is 58.5 Å². The Kier molecular flexibility index (Phi) is 10.2.